The van der Waals surface area contributed by atoms with Crippen LogP contribution in [0.1, 0.15) is 15.9 Å². The van der Waals surface area contributed by atoms with E-state index in [2.05, 4.69) is 20.1 Å². The second kappa shape index (κ2) is 7.48. The van der Waals surface area contributed by atoms with E-state index < -0.39 is 18.0 Å². The molecule has 6 nitrogen and oxygen atoms in total. The Hall–Kier alpha value is -3.36. The number of carbonyl (C=O) groups is 1. The molecule has 0 unspecified atom stereocenters. The maximum atomic E-state index is 12.3. The highest BCUT2D eigenvalue weighted by Gasteiger charge is 2.31. The highest BCUT2D eigenvalue weighted by atomic mass is 19.4. The number of hydrogen-bond acceptors (Lipinski definition) is 4. The molecule has 0 aliphatic rings. The van der Waals surface area contributed by atoms with E-state index in [1.807, 2.05) is 0 Å². The first kappa shape index (κ1) is 18.4. The Labute approximate surface area is 152 Å². The number of aryl methyl sites for hydroxylation is 1. The number of amides is 1. The summed E-state index contributed by atoms with van der Waals surface area (Å²) in [4.78, 5) is 16.6. The van der Waals surface area contributed by atoms with Crippen molar-refractivity contribution in [3.8, 4) is 17.0 Å². The van der Waals surface area contributed by atoms with Crippen LogP contribution >= 0.6 is 0 Å². The van der Waals surface area contributed by atoms with E-state index in [0.29, 0.717) is 5.69 Å². The molecule has 3 rings (SSSR count). The van der Waals surface area contributed by atoms with Crippen LogP contribution in [0.2, 0.25) is 0 Å². The van der Waals surface area contributed by atoms with Gasteiger partial charge in [0.05, 0.1) is 11.9 Å². The van der Waals surface area contributed by atoms with Crippen molar-refractivity contribution in [2.45, 2.75) is 12.9 Å². The van der Waals surface area contributed by atoms with Crippen LogP contribution in [0.15, 0.2) is 55.0 Å². The van der Waals surface area contributed by atoms with Gasteiger partial charge in [-0.3, -0.25) is 14.5 Å². The quantitative estimate of drug-likeness (QED) is 0.742. The Kier molecular flexibility index (Phi) is 5.11. The topological polar surface area (TPSA) is 69.0 Å². The van der Waals surface area contributed by atoms with Gasteiger partial charge in [-0.15, -0.1) is 13.2 Å². The van der Waals surface area contributed by atoms with Gasteiger partial charge >= 0.3 is 6.36 Å². The number of rotatable bonds is 5. The molecule has 9 heteroatoms. The molecule has 2 aromatic heterocycles. The number of nitrogens with one attached hydrogen (secondary N) is 1. The minimum Gasteiger partial charge on any atom is -0.406 e. The number of halogens is 3. The largest absolute Gasteiger partial charge is 0.573 e. The fraction of sp³-hybridized carbons (Fsp3) is 0.167. The first-order valence-electron chi connectivity index (χ1n) is 7.89. The lowest BCUT2D eigenvalue weighted by atomic mass is 10.1. The molecule has 0 saturated carbocycles. The fourth-order valence-electron chi connectivity index (χ4n) is 2.50. The van der Waals surface area contributed by atoms with Gasteiger partial charge in [-0.05, 0) is 29.8 Å². The van der Waals surface area contributed by atoms with E-state index in [1.54, 1.807) is 42.5 Å². The van der Waals surface area contributed by atoms with Crippen LogP contribution in [0.5, 0.6) is 5.75 Å². The van der Waals surface area contributed by atoms with Crippen molar-refractivity contribution in [3.05, 3.63) is 66.1 Å². The number of benzene rings is 1. The zero-order valence-electron chi connectivity index (χ0n) is 14.2. The van der Waals surface area contributed by atoms with Crippen LogP contribution in [-0.2, 0) is 13.6 Å². The monoisotopic (exact) mass is 376 g/mol. The van der Waals surface area contributed by atoms with Gasteiger partial charge in [-0.2, -0.15) is 5.10 Å². The first-order chi connectivity index (χ1) is 12.8. The second-order valence-electron chi connectivity index (χ2n) is 5.67. The van der Waals surface area contributed by atoms with Crippen molar-refractivity contribution < 1.29 is 22.7 Å². The summed E-state index contributed by atoms with van der Waals surface area (Å²) in [6.45, 7) is 0.154. The molecule has 0 saturated heterocycles. The molecule has 0 spiro atoms. The molecule has 27 heavy (non-hydrogen) atoms. The lowest BCUT2D eigenvalue weighted by Gasteiger charge is -2.11. The molecule has 1 N–H and O–H groups in total. The third kappa shape index (κ3) is 4.84. The van der Waals surface area contributed by atoms with E-state index >= 15 is 0 Å². The van der Waals surface area contributed by atoms with Crippen molar-refractivity contribution in [2.75, 3.05) is 0 Å². The number of aromatic nitrogens is 3. The molecule has 1 amide bonds. The van der Waals surface area contributed by atoms with Crippen molar-refractivity contribution >= 4 is 5.91 Å². The molecule has 0 fully saturated rings. The van der Waals surface area contributed by atoms with Crippen LogP contribution in [0, 0.1) is 0 Å². The van der Waals surface area contributed by atoms with Crippen LogP contribution in [-0.4, -0.2) is 27.0 Å². The van der Waals surface area contributed by atoms with Crippen molar-refractivity contribution in [1.29, 1.82) is 0 Å². The first-order valence-corrected chi connectivity index (χ1v) is 7.89. The number of nitrogens with zero attached hydrogens (tertiary/aromatic N) is 3. The Morgan fingerprint density at radius 3 is 2.78 bits per heavy atom. The van der Waals surface area contributed by atoms with Gasteiger partial charge in [-0.1, -0.05) is 12.1 Å². The smallest absolute Gasteiger partial charge is 0.406 e. The highest BCUT2D eigenvalue weighted by molar-refractivity contribution is 5.94. The van der Waals surface area contributed by atoms with Gasteiger partial charge in [0.1, 0.15) is 5.75 Å². The third-order valence-corrected chi connectivity index (χ3v) is 3.64. The summed E-state index contributed by atoms with van der Waals surface area (Å²) >= 11 is 0. The van der Waals surface area contributed by atoms with Crippen molar-refractivity contribution in [1.82, 2.24) is 20.1 Å². The fourth-order valence-corrected chi connectivity index (χ4v) is 2.50. The molecule has 0 radical (unpaired) electrons. The number of ether oxygens (including phenoxy) is 1. The average molecular weight is 376 g/mol. The normalized spacial score (nSPS) is 11.3. The van der Waals surface area contributed by atoms with Gasteiger partial charge < -0.3 is 10.1 Å². The molecule has 0 atom stereocenters. The lowest BCUT2D eigenvalue weighted by molar-refractivity contribution is -0.274. The molecule has 0 bridgehead atoms. The summed E-state index contributed by atoms with van der Waals surface area (Å²) in [6, 6.07) is 8.43. The average Bonchev–Trinajstić information content (AvgIpc) is 3.05. The number of pyridine rings is 1. The molecule has 0 aliphatic carbocycles. The highest BCUT2D eigenvalue weighted by Crippen LogP contribution is 2.24. The van der Waals surface area contributed by atoms with Gasteiger partial charge in [0.15, 0.2) is 0 Å². The number of hydrogen-bond donors (Lipinski definition) is 1. The van der Waals surface area contributed by atoms with Gasteiger partial charge in [0.25, 0.3) is 5.91 Å². The molecular formula is C18H15F3N4O2. The van der Waals surface area contributed by atoms with E-state index in [0.717, 1.165) is 23.3 Å². The molecule has 0 aliphatic heterocycles. The molecule has 1 aromatic carbocycles. The summed E-state index contributed by atoms with van der Waals surface area (Å²) in [7, 11) is 1.78. The minimum absolute atomic E-state index is 0.0589. The van der Waals surface area contributed by atoms with Crippen LogP contribution in [0.4, 0.5) is 13.2 Å². The van der Waals surface area contributed by atoms with Gasteiger partial charge in [0.2, 0.25) is 0 Å². The third-order valence-electron chi connectivity index (χ3n) is 3.64. The Morgan fingerprint density at radius 2 is 2.07 bits per heavy atom. The molecule has 140 valence electrons. The zero-order valence-corrected chi connectivity index (χ0v) is 14.2. The summed E-state index contributed by atoms with van der Waals surface area (Å²) < 4.78 is 42.4. The van der Waals surface area contributed by atoms with Gasteiger partial charge in [0, 0.05) is 37.1 Å². The maximum Gasteiger partial charge on any atom is 0.573 e. The van der Waals surface area contributed by atoms with Crippen LogP contribution < -0.4 is 10.1 Å². The summed E-state index contributed by atoms with van der Waals surface area (Å²) in [5, 5.41) is 6.78. The van der Waals surface area contributed by atoms with Crippen molar-refractivity contribution in [2.24, 2.45) is 7.05 Å². The summed E-state index contributed by atoms with van der Waals surface area (Å²) in [5.41, 5.74) is 2.27. The van der Waals surface area contributed by atoms with E-state index in [9.17, 15) is 18.0 Å². The second-order valence-corrected chi connectivity index (χ2v) is 5.67. The molecular weight excluding hydrogens is 361 g/mol. The maximum absolute atomic E-state index is 12.3. The van der Waals surface area contributed by atoms with Crippen molar-refractivity contribution in [3.63, 3.8) is 0 Å². The Bertz CT molecular complexity index is 954. The number of alkyl halides is 3. The summed E-state index contributed by atoms with van der Waals surface area (Å²) in [6.07, 6.45) is 0.270. The lowest BCUT2D eigenvalue weighted by Crippen LogP contribution is -2.23. The SMILES string of the molecule is Cn1cc(-c2ncccc2CNC(=O)c2cccc(OC(F)(F)F)c2)cn1. The zero-order chi connectivity index (χ0) is 19.4. The number of carbonyl (C=O) groups excluding carboxylic acids is 1. The van der Waals surface area contributed by atoms with E-state index in [-0.39, 0.29) is 12.1 Å². The minimum atomic E-state index is -4.82. The van der Waals surface area contributed by atoms with Crippen LogP contribution in [0.3, 0.4) is 0 Å². The van der Waals surface area contributed by atoms with Crippen LogP contribution in [0.25, 0.3) is 11.3 Å². The standard InChI is InChI=1S/C18H15F3N4O2/c1-25-11-14(10-24-25)16-13(5-3-7-22-16)9-23-17(26)12-4-2-6-15(8-12)27-18(19,20)21/h2-8,10-11H,9H2,1H3,(H,23,26). The predicted molar refractivity (Wildman–Crippen MR) is 90.7 cm³/mol. The molecule has 2 heterocycles. The molecule has 3 aromatic rings. The Balaban J connectivity index is 1.73. The summed E-state index contributed by atoms with van der Waals surface area (Å²) in [5.74, 6) is -0.976. The van der Waals surface area contributed by atoms with Gasteiger partial charge in [-0.25, -0.2) is 0 Å². The predicted octanol–water partition coefficient (Wildman–Crippen LogP) is 3.31. The van der Waals surface area contributed by atoms with E-state index in [4.69, 9.17) is 0 Å². The van der Waals surface area contributed by atoms with E-state index in [1.165, 1.54) is 12.1 Å². The Morgan fingerprint density at radius 1 is 1.26 bits per heavy atom.